The second-order valence-corrected chi connectivity index (χ2v) is 6.75. The van der Waals surface area contributed by atoms with E-state index in [0.717, 1.165) is 12.8 Å². The first kappa shape index (κ1) is 15.7. The van der Waals surface area contributed by atoms with Gasteiger partial charge in [-0.05, 0) is 19.3 Å². The van der Waals surface area contributed by atoms with E-state index >= 15 is 0 Å². The minimum Gasteiger partial charge on any atom is -0.396 e. The first-order valence-electron chi connectivity index (χ1n) is 7.29. The minimum absolute atomic E-state index is 0.130. The maximum atomic E-state index is 12.3. The van der Waals surface area contributed by atoms with Crippen molar-refractivity contribution in [1.82, 2.24) is 15.3 Å². The van der Waals surface area contributed by atoms with Gasteiger partial charge in [-0.25, -0.2) is 9.97 Å². The van der Waals surface area contributed by atoms with E-state index in [1.165, 1.54) is 17.8 Å². The zero-order valence-electron chi connectivity index (χ0n) is 12.7. The summed E-state index contributed by atoms with van der Waals surface area (Å²) in [5, 5.41) is 3.01. The number of nitrogens with two attached hydrogens (primary N) is 1. The van der Waals surface area contributed by atoms with Crippen molar-refractivity contribution in [1.29, 1.82) is 0 Å². The smallest absolute Gasteiger partial charge is 0.263 e. The Morgan fingerprint density at radius 2 is 2.00 bits per heavy atom. The van der Waals surface area contributed by atoms with Gasteiger partial charge in [-0.15, -0.1) is 11.3 Å². The Bertz CT molecular complexity index is 623. The molecule has 1 amide bonds. The predicted octanol–water partition coefficient (Wildman–Crippen LogP) is 3.22. The molecule has 5 nitrogen and oxygen atoms in total. The number of aromatic nitrogens is 2. The van der Waals surface area contributed by atoms with Crippen LogP contribution < -0.4 is 11.1 Å². The number of hydrogen-bond acceptors (Lipinski definition) is 5. The van der Waals surface area contributed by atoms with E-state index in [1.54, 1.807) is 12.4 Å². The second-order valence-electron chi connectivity index (χ2n) is 5.75. The molecular formula is C15H22N4OS. The highest BCUT2D eigenvalue weighted by molar-refractivity contribution is 7.21. The van der Waals surface area contributed by atoms with E-state index in [2.05, 4.69) is 29.1 Å². The second kappa shape index (κ2) is 6.85. The summed E-state index contributed by atoms with van der Waals surface area (Å²) in [4.78, 5) is 21.9. The van der Waals surface area contributed by atoms with Crippen molar-refractivity contribution >= 4 is 33.3 Å². The number of rotatable bonds is 6. The molecule has 1 atom stereocenters. The first-order chi connectivity index (χ1) is 9.99. The van der Waals surface area contributed by atoms with Gasteiger partial charge in [0.2, 0.25) is 0 Å². The number of nitrogens with one attached hydrogen (secondary N) is 1. The molecule has 0 aromatic carbocycles. The van der Waals surface area contributed by atoms with Gasteiger partial charge in [0.1, 0.15) is 15.2 Å². The fourth-order valence-corrected chi connectivity index (χ4v) is 3.13. The molecule has 0 fully saturated rings. The molecule has 2 aromatic heterocycles. The van der Waals surface area contributed by atoms with Gasteiger partial charge in [0.25, 0.3) is 5.91 Å². The summed E-state index contributed by atoms with van der Waals surface area (Å²) >= 11 is 1.29. The summed E-state index contributed by atoms with van der Waals surface area (Å²) in [5.41, 5.74) is 7.04. The van der Waals surface area contributed by atoms with Crippen molar-refractivity contribution in [3.05, 3.63) is 17.3 Å². The lowest BCUT2D eigenvalue weighted by molar-refractivity contribution is 0.0942. The summed E-state index contributed by atoms with van der Waals surface area (Å²) in [5.74, 6) is 0.567. The highest BCUT2D eigenvalue weighted by Gasteiger charge is 2.19. The fourth-order valence-electron chi connectivity index (χ4n) is 2.21. The average molecular weight is 306 g/mol. The number of fused-ring (bicyclic) bond motifs is 1. The van der Waals surface area contributed by atoms with Crippen LogP contribution in [0.5, 0.6) is 0 Å². The summed E-state index contributed by atoms with van der Waals surface area (Å²) in [6, 6.07) is 0.141. The Morgan fingerprint density at radius 3 is 2.67 bits per heavy atom. The summed E-state index contributed by atoms with van der Waals surface area (Å²) < 4.78 is 0. The van der Waals surface area contributed by atoms with Gasteiger partial charge in [-0.3, -0.25) is 4.79 Å². The van der Waals surface area contributed by atoms with E-state index in [4.69, 9.17) is 5.73 Å². The molecule has 114 valence electrons. The molecule has 0 radical (unpaired) electrons. The molecule has 1 unspecified atom stereocenters. The summed E-state index contributed by atoms with van der Waals surface area (Å²) in [7, 11) is 0. The van der Waals surface area contributed by atoms with Gasteiger partial charge >= 0.3 is 0 Å². The van der Waals surface area contributed by atoms with Crippen LogP contribution in [0, 0.1) is 5.92 Å². The lowest BCUT2D eigenvalue weighted by atomic mass is 10.0. The van der Waals surface area contributed by atoms with Crippen LogP contribution in [-0.2, 0) is 0 Å². The number of hydrogen-bond donors (Lipinski definition) is 2. The Morgan fingerprint density at radius 1 is 1.29 bits per heavy atom. The molecule has 2 aromatic rings. The van der Waals surface area contributed by atoms with Crippen molar-refractivity contribution in [3.8, 4) is 0 Å². The number of carbonyl (C=O) groups excluding carboxylic acids is 1. The number of nitrogen functional groups attached to an aromatic ring is 1. The lowest BCUT2D eigenvalue weighted by Crippen LogP contribution is -2.32. The SMILES string of the molecule is CC(C)CCCC(C)NC(=O)c1sc2nccnc2c1N. The monoisotopic (exact) mass is 306 g/mol. The zero-order chi connectivity index (χ0) is 15.4. The third-order valence-electron chi connectivity index (χ3n) is 3.37. The van der Waals surface area contributed by atoms with Crippen molar-refractivity contribution in [3.63, 3.8) is 0 Å². The van der Waals surface area contributed by atoms with E-state index in [0.29, 0.717) is 26.8 Å². The van der Waals surface area contributed by atoms with Gasteiger partial charge in [0.15, 0.2) is 0 Å². The number of anilines is 1. The molecule has 0 spiro atoms. The normalized spacial score (nSPS) is 12.8. The Hall–Kier alpha value is -1.69. The largest absolute Gasteiger partial charge is 0.396 e. The Balaban J connectivity index is 2.00. The minimum atomic E-state index is -0.130. The van der Waals surface area contributed by atoms with E-state index in [1.807, 2.05) is 6.92 Å². The molecule has 2 heterocycles. The van der Waals surface area contributed by atoms with Gasteiger partial charge in [0.05, 0.1) is 5.69 Å². The highest BCUT2D eigenvalue weighted by Crippen LogP contribution is 2.30. The third-order valence-corrected chi connectivity index (χ3v) is 4.47. The molecule has 0 aliphatic carbocycles. The molecule has 0 aliphatic rings. The van der Waals surface area contributed by atoms with Crippen molar-refractivity contribution in [2.45, 2.75) is 46.1 Å². The van der Waals surface area contributed by atoms with Crippen molar-refractivity contribution in [2.75, 3.05) is 5.73 Å². The van der Waals surface area contributed by atoms with E-state index in [9.17, 15) is 4.79 Å². The molecular weight excluding hydrogens is 284 g/mol. The fraction of sp³-hybridized carbons (Fsp3) is 0.533. The van der Waals surface area contributed by atoms with Crippen LogP contribution in [0.15, 0.2) is 12.4 Å². The van der Waals surface area contributed by atoms with Crippen molar-refractivity contribution < 1.29 is 4.79 Å². The molecule has 0 saturated carbocycles. The molecule has 0 bridgehead atoms. The van der Waals surface area contributed by atoms with Gasteiger partial charge in [-0.2, -0.15) is 0 Å². The van der Waals surface area contributed by atoms with Gasteiger partial charge < -0.3 is 11.1 Å². The maximum Gasteiger partial charge on any atom is 0.263 e. The van der Waals surface area contributed by atoms with Crippen LogP contribution in [0.1, 0.15) is 49.7 Å². The molecule has 2 rings (SSSR count). The zero-order valence-corrected chi connectivity index (χ0v) is 13.5. The van der Waals surface area contributed by atoms with Crippen LogP contribution in [0.25, 0.3) is 10.3 Å². The molecule has 21 heavy (non-hydrogen) atoms. The lowest BCUT2D eigenvalue weighted by Gasteiger charge is -2.14. The van der Waals surface area contributed by atoms with Crippen LogP contribution in [0.3, 0.4) is 0 Å². The van der Waals surface area contributed by atoms with Crippen LogP contribution >= 0.6 is 11.3 Å². The van der Waals surface area contributed by atoms with Gasteiger partial charge in [0, 0.05) is 18.4 Å². The maximum absolute atomic E-state index is 12.3. The number of carbonyl (C=O) groups is 1. The number of nitrogens with zero attached hydrogens (tertiary/aromatic N) is 2. The topological polar surface area (TPSA) is 80.9 Å². The molecule has 0 saturated heterocycles. The van der Waals surface area contributed by atoms with E-state index in [-0.39, 0.29) is 11.9 Å². The number of thiophene rings is 1. The highest BCUT2D eigenvalue weighted by atomic mass is 32.1. The predicted molar refractivity (Wildman–Crippen MR) is 87.4 cm³/mol. The van der Waals surface area contributed by atoms with Crippen LogP contribution in [-0.4, -0.2) is 21.9 Å². The van der Waals surface area contributed by atoms with Crippen LogP contribution in [0.2, 0.25) is 0 Å². The first-order valence-corrected chi connectivity index (χ1v) is 8.10. The average Bonchev–Trinajstić information content (AvgIpc) is 2.76. The van der Waals surface area contributed by atoms with Crippen LogP contribution in [0.4, 0.5) is 5.69 Å². The summed E-state index contributed by atoms with van der Waals surface area (Å²) in [6.07, 6.45) is 6.46. The van der Waals surface area contributed by atoms with E-state index < -0.39 is 0 Å². The summed E-state index contributed by atoms with van der Waals surface area (Å²) in [6.45, 7) is 6.44. The third kappa shape index (κ3) is 3.91. The van der Waals surface area contributed by atoms with Crippen molar-refractivity contribution in [2.24, 2.45) is 5.92 Å². The Kier molecular flexibility index (Phi) is 5.12. The quantitative estimate of drug-likeness (QED) is 0.858. The molecule has 3 N–H and O–H groups in total. The number of amides is 1. The molecule has 0 aliphatic heterocycles. The standard InChI is InChI=1S/C15H22N4OS/c1-9(2)5-4-6-10(3)19-14(20)13-11(16)12-15(21-13)18-8-7-17-12/h7-10H,4-6,16H2,1-3H3,(H,19,20). The molecule has 6 heteroatoms. The Labute approximate surface area is 129 Å². The van der Waals surface area contributed by atoms with Gasteiger partial charge in [-0.1, -0.05) is 26.7 Å².